The third-order valence-electron chi connectivity index (χ3n) is 7.77. The van der Waals surface area contributed by atoms with E-state index in [4.69, 9.17) is 18.9 Å². The molecule has 0 saturated heterocycles. The van der Waals surface area contributed by atoms with Gasteiger partial charge in [0, 0.05) is 32.2 Å². The van der Waals surface area contributed by atoms with Crippen LogP contribution in [-0.2, 0) is 38.1 Å². The lowest BCUT2D eigenvalue weighted by Crippen LogP contribution is -2.38. The molecule has 1 atom stereocenters. The van der Waals surface area contributed by atoms with Crippen molar-refractivity contribution >= 4 is 23.4 Å². The summed E-state index contributed by atoms with van der Waals surface area (Å²) < 4.78 is 21.5. The van der Waals surface area contributed by atoms with E-state index in [1.165, 1.54) is 71.1 Å². The number of rotatable bonds is 37. The Labute approximate surface area is 285 Å². The highest BCUT2D eigenvalue weighted by molar-refractivity contribution is 5.77. The number of aliphatic hydroxyl groups excluding tert-OH is 1. The molecule has 0 fully saturated rings. The Balaban J connectivity index is 3.50. The molecule has 0 aliphatic heterocycles. The van der Waals surface area contributed by atoms with Crippen molar-refractivity contribution in [3.8, 4) is 0 Å². The molecule has 3 N–H and O–H groups in total. The van der Waals surface area contributed by atoms with E-state index in [1.807, 2.05) is 0 Å². The molecule has 0 aromatic heterocycles. The van der Waals surface area contributed by atoms with Crippen molar-refractivity contribution in [2.75, 3.05) is 66.0 Å². The summed E-state index contributed by atoms with van der Waals surface area (Å²) in [4.78, 5) is 46.1. The van der Waals surface area contributed by atoms with Crippen molar-refractivity contribution in [3.05, 3.63) is 0 Å². The second-order valence-electron chi connectivity index (χ2n) is 12.4. The van der Waals surface area contributed by atoms with Crippen LogP contribution >= 0.6 is 0 Å². The van der Waals surface area contributed by atoms with Crippen molar-refractivity contribution in [2.24, 2.45) is 0 Å². The van der Waals surface area contributed by atoms with Gasteiger partial charge in [0.05, 0.1) is 65.5 Å². The number of ketones is 2. The molecule has 0 aromatic rings. The summed E-state index contributed by atoms with van der Waals surface area (Å²) in [6.45, 7) is 6.84. The minimum Gasteiger partial charge on any atom is -0.394 e. The Hall–Kier alpha value is -1.92. The van der Waals surface area contributed by atoms with Gasteiger partial charge in [-0.3, -0.25) is 14.4 Å². The molecular formula is C36H68N2O9. The maximum Gasteiger partial charge on any atom is 0.220 e. The summed E-state index contributed by atoms with van der Waals surface area (Å²) in [6.07, 6.45) is 19.0. The number of nitrogens with one attached hydrogen (secondary N) is 2. The van der Waals surface area contributed by atoms with Crippen LogP contribution < -0.4 is 10.6 Å². The highest BCUT2D eigenvalue weighted by atomic mass is 16.6. The molecule has 47 heavy (non-hydrogen) atoms. The van der Waals surface area contributed by atoms with E-state index >= 15 is 0 Å². The lowest BCUT2D eigenvalue weighted by atomic mass is 10.0. The zero-order chi connectivity index (χ0) is 34.6. The maximum absolute atomic E-state index is 12.3. The summed E-state index contributed by atoms with van der Waals surface area (Å²) in [5.41, 5.74) is 0. The molecule has 276 valence electrons. The molecule has 0 bridgehead atoms. The van der Waals surface area contributed by atoms with E-state index in [0.717, 1.165) is 32.1 Å². The lowest BCUT2D eigenvalue weighted by molar-refractivity contribution is -0.124. The first-order valence-corrected chi connectivity index (χ1v) is 18.3. The van der Waals surface area contributed by atoms with Crippen molar-refractivity contribution in [2.45, 2.75) is 142 Å². The molecule has 0 heterocycles. The van der Waals surface area contributed by atoms with E-state index in [9.17, 15) is 24.3 Å². The third kappa shape index (κ3) is 36.8. The van der Waals surface area contributed by atoms with Crippen molar-refractivity contribution in [1.29, 1.82) is 0 Å². The normalized spacial score (nSPS) is 11.8. The number of unbranched alkanes of at least 4 members (excludes halogenated alkanes) is 13. The minimum absolute atomic E-state index is 0.0688. The van der Waals surface area contributed by atoms with Crippen LogP contribution in [-0.4, -0.2) is 101 Å². The van der Waals surface area contributed by atoms with Crippen LogP contribution in [0.1, 0.15) is 136 Å². The van der Waals surface area contributed by atoms with Crippen LogP contribution in [0.2, 0.25) is 0 Å². The zero-order valence-corrected chi connectivity index (χ0v) is 29.8. The van der Waals surface area contributed by atoms with Gasteiger partial charge in [-0.25, -0.2) is 0 Å². The molecule has 2 amide bonds. The summed E-state index contributed by atoms with van der Waals surface area (Å²) >= 11 is 0. The number of aliphatic hydroxyl groups is 1. The first kappa shape index (κ1) is 45.1. The molecule has 0 aliphatic carbocycles. The predicted molar refractivity (Wildman–Crippen MR) is 184 cm³/mol. The van der Waals surface area contributed by atoms with Crippen LogP contribution in [0.5, 0.6) is 0 Å². The van der Waals surface area contributed by atoms with Gasteiger partial charge in [0.25, 0.3) is 0 Å². The Kier molecular flexibility index (Phi) is 33.9. The Morgan fingerprint density at radius 2 is 0.894 bits per heavy atom. The van der Waals surface area contributed by atoms with E-state index < -0.39 is 6.04 Å². The monoisotopic (exact) mass is 672 g/mol. The SMILES string of the molecule is CC(=O)CCCCCCCCCCCCCCCCC(=O)NC(CO)CCC(=O)NCCOCCOCCOCCOCCC(C)=O. The third-order valence-corrected chi connectivity index (χ3v) is 7.77. The van der Waals surface area contributed by atoms with Gasteiger partial charge in [0.2, 0.25) is 11.8 Å². The average Bonchev–Trinajstić information content (AvgIpc) is 3.04. The molecule has 0 spiro atoms. The summed E-state index contributed by atoms with van der Waals surface area (Å²) in [7, 11) is 0. The maximum atomic E-state index is 12.3. The number of hydrogen-bond acceptors (Lipinski definition) is 9. The molecule has 0 radical (unpaired) electrons. The highest BCUT2D eigenvalue weighted by Gasteiger charge is 2.13. The average molecular weight is 673 g/mol. The summed E-state index contributed by atoms with van der Waals surface area (Å²) in [5.74, 6) is 0.204. The minimum atomic E-state index is -0.420. The van der Waals surface area contributed by atoms with Crippen LogP contribution in [0.25, 0.3) is 0 Å². The van der Waals surface area contributed by atoms with E-state index in [2.05, 4.69) is 10.6 Å². The number of ether oxygens (including phenoxy) is 4. The van der Waals surface area contributed by atoms with Gasteiger partial charge in [-0.2, -0.15) is 0 Å². The van der Waals surface area contributed by atoms with Crippen molar-refractivity contribution < 1.29 is 43.2 Å². The highest BCUT2D eigenvalue weighted by Crippen LogP contribution is 2.14. The second kappa shape index (κ2) is 35.4. The van der Waals surface area contributed by atoms with Gasteiger partial charge in [-0.05, 0) is 33.1 Å². The quantitative estimate of drug-likeness (QED) is 0.0754. The fraction of sp³-hybridized carbons (Fsp3) is 0.889. The molecular weight excluding hydrogens is 604 g/mol. The molecule has 0 aromatic carbocycles. The standard InChI is InChI=1S/C36H68N2O9/c1-32(40)17-15-13-11-9-7-5-3-4-6-8-10-12-14-16-18-36(43)38-34(31-39)19-20-35(42)37-22-24-45-26-28-47-30-29-46-27-25-44-23-21-33(2)41/h34,39H,3-31H2,1-2H3,(H,37,42)(H,38,43). The Morgan fingerprint density at radius 3 is 1.34 bits per heavy atom. The van der Waals surface area contributed by atoms with Gasteiger partial charge < -0.3 is 39.5 Å². The summed E-state index contributed by atoms with van der Waals surface area (Å²) in [5, 5.41) is 15.3. The Bertz CT molecular complexity index is 767. The van der Waals surface area contributed by atoms with Gasteiger partial charge in [-0.1, -0.05) is 77.0 Å². The molecule has 11 nitrogen and oxygen atoms in total. The van der Waals surface area contributed by atoms with Gasteiger partial charge in [0.15, 0.2) is 0 Å². The number of carbonyl (C=O) groups is 4. The first-order valence-electron chi connectivity index (χ1n) is 18.3. The van der Waals surface area contributed by atoms with Crippen LogP contribution in [0.3, 0.4) is 0 Å². The fourth-order valence-corrected chi connectivity index (χ4v) is 4.92. The van der Waals surface area contributed by atoms with Gasteiger partial charge in [0.1, 0.15) is 11.6 Å². The largest absolute Gasteiger partial charge is 0.394 e. The molecule has 1 unspecified atom stereocenters. The van der Waals surface area contributed by atoms with E-state index in [0.29, 0.717) is 84.4 Å². The van der Waals surface area contributed by atoms with Crippen LogP contribution in [0.15, 0.2) is 0 Å². The smallest absolute Gasteiger partial charge is 0.220 e. The lowest BCUT2D eigenvalue weighted by Gasteiger charge is -2.16. The molecule has 11 heteroatoms. The van der Waals surface area contributed by atoms with Crippen molar-refractivity contribution in [3.63, 3.8) is 0 Å². The van der Waals surface area contributed by atoms with Crippen molar-refractivity contribution in [1.82, 2.24) is 10.6 Å². The van der Waals surface area contributed by atoms with E-state index in [-0.39, 0.29) is 30.6 Å². The molecule has 0 aliphatic rings. The van der Waals surface area contributed by atoms with Crippen LogP contribution in [0.4, 0.5) is 0 Å². The summed E-state index contributed by atoms with van der Waals surface area (Å²) in [6, 6.07) is -0.420. The van der Waals surface area contributed by atoms with Gasteiger partial charge in [-0.15, -0.1) is 0 Å². The topological polar surface area (TPSA) is 149 Å². The number of amides is 2. The predicted octanol–water partition coefficient (Wildman–Crippen LogP) is 5.24. The zero-order valence-electron chi connectivity index (χ0n) is 29.8. The number of carbonyl (C=O) groups excluding carboxylic acids is 4. The van der Waals surface area contributed by atoms with Crippen LogP contribution in [0, 0.1) is 0 Å². The number of hydrogen-bond donors (Lipinski definition) is 3. The molecule has 0 rings (SSSR count). The van der Waals surface area contributed by atoms with E-state index in [1.54, 1.807) is 6.92 Å². The number of Topliss-reactive ketones (excluding diaryl/α,β-unsaturated/α-hetero) is 2. The fourth-order valence-electron chi connectivity index (χ4n) is 4.92. The second-order valence-corrected chi connectivity index (χ2v) is 12.4. The Morgan fingerprint density at radius 1 is 0.489 bits per heavy atom. The molecule has 0 saturated carbocycles. The first-order chi connectivity index (χ1) is 22.8. The van der Waals surface area contributed by atoms with Gasteiger partial charge >= 0.3 is 0 Å².